The number of nitrogens with two attached hydrogens (primary N) is 1. The van der Waals surface area contributed by atoms with E-state index in [-0.39, 0.29) is 19.4 Å². The van der Waals surface area contributed by atoms with E-state index in [0.717, 1.165) is 13.0 Å². The van der Waals surface area contributed by atoms with Gasteiger partial charge < -0.3 is 21.4 Å². The molecule has 0 radical (unpaired) electrons. The summed E-state index contributed by atoms with van der Waals surface area (Å²) >= 11 is 0. The molecule has 5 N–H and O–H groups in total. The van der Waals surface area contributed by atoms with Crippen LogP contribution >= 0.6 is 0 Å². The van der Waals surface area contributed by atoms with E-state index in [0.29, 0.717) is 0 Å². The van der Waals surface area contributed by atoms with E-state index in [1.54, 1.807) is 0 Å². The Bertz CT molecular complexity index is 354. The van der Waals surface area contributed by atoms with Crippen LogP contribution in [-0.4, -0.2) is 31.7 Å². The molecule has 0 amide bonds. The van der Waals surface area contributed by atoms with Gasteiger partial charge >= 0.3 is 11.9 Å². The zero-order chi connectivity index (χ0) is 12.5. The second kappa shape index (κ2) is 9.29. The molecule has 1 heterocycles. The molecule has 1 aromatic carbocycles. The Kier molecular flexibility index (Phi) is 8.38. The van der Waals surface area contributed by atoms with Crippen LogP contribution in [0.25, 0.3) is 0 Å². The van der Waals surface area contributed by atoms with Gasteiger partial charge in [-0.2, -0.15) is 0 Å². The van der Waals surface area contributed by atoms with Crippen molar-refractivity contribution in [3.05, 3.63) is 35.9 Å². The van der Waals surface area contributed by atoms with E-state index < -0.39 is 11.9 Å². The minimum Gasteiger partial charge on any atom is -0.390 e. The highest BCUT2D eigenvalue weighted by Crippen LogP contribution is 1.96. The predicted molar refractivity (Wildman–Crippen MR) is 66.1 cm³/mol. The van der Waals surface area contributed by atoms with E-state index in [4.69, 9.17) is 5.73 Å². The summed E-state index contributed by atoms with van der Waals surface area (Å²) < 4.78 is 8.55. The monoisotopic (exact) mass is 254 g/mol. The molecule has 0 bridgehead atoms. The van der Waals surface area contributed by atoms with Crippen molar-refractivity contribution in [1.82, 2.24) is 6.15 Å². The lowest BCUT2D eigenvalue weighted by molar-refractivity contribution is -0.174. The third-order valence-electron chi connectivity index (χ3n) is 1.94. The lowest BCUT2D eigenvalue weighted by atomic mass is 10.2. The third-order valence-corrected chi connectivity index (χ3v) is 1.94. The Morgan fingerprint density at radius 1 is 1.06 bits per heavy atom. The Labute approximate surface area is 106 Å². The molecular formula is C12H18N2O4. The summed E-state index contributed by atoms with van der Waals surface area (Å²) in [5.74, 6) is -1.22. The van der Waals surface area contributed by atoms with Gasteiger partial charge in [0, 0.05) is 0 Å². The Balaban J connectivity index is 0.000000306. The van der Waals surface area contributed by atoms with Crippen LogP contribution in [0.15, 0.2) is 30.3 Å². The Morgan fingerprint density at radius 2 is 1.61 bits per heavy atom. The van der Waals surface area contributed by atoms with Crippen molar-refractivity contribution in [3.63, 3.8) is 0 Å². The van der Waals surface area contributed by atoms with Crippen molar-refractivity contribution < 1.29 is 19.1 Å². The normalized spacial score (nSPS) is 13.8. The van der Waals surface area contributed by atoms with Crippen LogP contribution < -0.4 is 11.9 Å². The van der Waals surface area contributed by atoms with Gasteiger partial charge in [-0.25, -0.2) is 9.59 Å². The van der Waals surface area contributed by atoms with Crippen molar-refractivity contribution in [3.8, 4) is 0 Å². The molecule has 2 rings (SSSR count). The minimum atomic E-state index is -0.610. The average Bonchev–Trinajstić information content (AvgIpc) is 2.31. The number of cyclic esters (lactones) is 2. The molecule has 0 atom stereocenters. The lowest BCUT2D eigenvalue weighted by Crippen LogP contribution is -2.28. The first-order chi connectivity index (χ1) is 8.22. The number of hydrogen-bond acceptors (Lipinski definition) is 6. The quantitative estimate of drug-likeness (QED) is 0.584. The van der Waals surface area contributed by atoms with Crippen LogP contribution in [0.3, 0.4) is 0 Å². The van der Waals surface area contributed by atoms with Crippen LogP contribution in [0.1, 0.15) is 5.56 Å². The number of esters is 2. The largest absolute Gasteiger partial charge is 0.390 e. The standard InChI is InChI=1S/C8H11N.C4H4O4.H3N/c9-7-6-8-4-2-1-3-5-8;5-3-1-7-2-4(6)8-3;/h1-5H,6-7,9H2;1-2H2;1H3. The molecule has 6 nitrogen and oxygen atoms in total. The van der Waals surface area contributed by atoms with Crippen molar-refractivity contribution in [1.29, 1.82) is 0 Å². The number of rotatable bonds is 2. The van der Waals surface area contributed by atoms with Crippen LogP contribution in [0.2, 0.25) is 0 Å². The van der Waals surface area contributed by atoms with Gasteiger partial charge in [-0.05, 0) is 18.5 Å². The fourth-order valence-electron chi connectivity index (χ4n) is 1.21. The first-order valence-corrected chi connectivity index (χ1v) is 5.27. The smallest absolute Gasteiger partial charge is 0.339 e. The van der Waals surface area contributed by atoms with Gasteiger partial charge in [0.15, 0.2) is 0 Å². The molecule has 0 spiro atoms. The summed E-state index contributed by atoms with van der Waals surface area (Å²) in [5, 5.41) is 0. The molecule has 0 unspecified atom stereocenters. The molecule has 0 aromatic heterocycles. The fourth-order valence-corrected chi connectivity index (χ4v) is 1.21. The molecule has 0 aliphatic carbocycles. The number of benzene rings is 1. The molecule has 0 saturated carbocycles. The van der Waals surface area contributed by atoms with Gasteiger partial charge in [-0.15, -0.1) is 0 Å². The molecule has 1 fully saturated rings. The maximum absolute atomic E-state index is 10.1. The maximum Gasteiger partial charge on any atom is 0.339 e. The van der Waals surface area contributed by atoms with Crippen LogP contribution in [0.4, 0.5) is 0 Å². The summed E-state index contributed by atoms with van der Waals surface area (Å²) in [5.41, 5.74) is 6.68. The summed E-state index contributed by atoms with van der Waals surface area (Å²) in [6.07, 6.45) is 0.987. The molecule has 1 saturated heterocycles. The SMILES string of the molecule is N.NCCc1ccccc1.O=C1COCC(=O)O1. The van der Waals surface area contributed by atoms with Crippen LogP contribution in [-0.2, 0) is 25.5 Å². The second-order valence-corrected chi connectivity index (χ2v) is 3.36. The summed E-state index contributed by atoms with van der Waals surface area (Å²) in [4.78, 5) is 20.2. The number of carbonyl (C=O) groups is 2. The molecule has 100 valence electrons. The van der Waals surface area contributed by atoms with Crippen LogP contribution in [0, 0.1) is 0 Å². The number of ether oxygens (including phenoxy) is 2. The molecule has 1 aromatic rings. The summed E-state index contributed by atoms with van der Waals surface area (Å²) in [6, 6.07) is 10.3. The van der Waals surface area contributed by atoms with Crippen LogP contribution in [0.5, 0.6) is 0 Å². The van der Waals surface area contributed by atoms with E-state index in [9.17, 15) is 9.59 Å². The van der Waals surface area contributed by atoms with E-state index in [1.165, 1.54) is 5.56 Å². The van der Waals surface area contributed by atoms with E-state index in [2.05, 4.69) is 21.6 Å². The highest BCUT2D eigenvalue weighted by atomic mass is 16.6. The number of carbonyl (C=O) groups excluding carboxylic acids is 2. The van der Waals surface area contributed by atoms with E-state index in [1.807, 2.05) is 18.2 Å². The highest BCUT2D eigenvalue weighted by molar-refractivity contribution is 5.88. The molecule has 1 aliphatic heterocycles. The summed E-state index contributed by atoms with van der Waals surface area (Å²) in [6.45, 7) is 0.529. The van der Waals surface area contributed by atoms with Gasteiger partial charge in [0.05, 0.1) is 0 Å². The van der Waals surface area contributed by atoms with Gasteiger partial charge in [0.25, 0.3) is 0 Å². The van der Waals surface area contributed by atoms with Crippen molar-refractivity contribution in [2.75, 3.05) is 19.8 Å². The fraction of sp³-hybridized carbons (Fsp3) is 0.333. The van der Waals surface area contributed by atoms with Gasteiger partial charge in [0.1, 0.15) is 13.2 Å². The second-order valence-electron chi connectivity index (χ2n) is 3.36. The highest BCUT2D eigenvalue weighted by Gasteiger charge is 2.16. The van der Waals surface area contributed by atoms with Crippen molar-refractivity contribution >= 4 is 11.9 Å². The molecule has 18 heavy (non-hydrogen) atoms. The Hall–Kier alpha value is -1.76. The molecule has 6 heteroatoms. The minimum absolute atomic E-state index is 0. The first-order valence-electron chi connectivity index (χ1n) is 5.27. The first kappa shape index (κ1) is 16.2. The number of hydrogen-bond donors (Lipinski definition) is 2. The third kappa shape index (κ3) is 6.74. The predicted octanol–water partition coefficient (Wildman–Crippen LogP) is 0.436. The van der Waals surface area contributed by atoms with Crippen molar-refractivity contribution in [2.45, 2.75) is 6.42 Å². The van der Waals surface area contributed by atoms with Gasteiger partial charge in [-0.3, -0.25) is 0 Å². The molecule has 1 aliphatic rings. The van der Waals surface area contributed by atoms with Crippen molar-refractivity contribution in [2.24, 2.45) is 5.73 Å². The molecular weight excluding hydrogens is 236 g/mol. The topological polar surface area (TPSA) is 114 Å². The maximum atomic E-state index is 10.1. The zero-order valence-electron chi connectivity index (χ0n) is 10.1. The Morgan fingerprint density at radius 3 is 2.00 bits per heavy atom. The lowest BCUT2D eigenvalue weighted by Gasteiger charge is -2.07. The zero-order valence-corrected chi connectivity index (χ0v) is 10.1. The van der Waals surface area contributed by atoms with Gasteiger partial charge in [-0.1, -0.05) is 30.3 Å². The van der Waals surface area contributed by atoms with Gasteiger partial charge in [0.2, 0.25) is 0 Å². The van der Waals surface area contributed by atoms with E-state index >= 15 is 0 Å². The summed E-state index contributed by atoms with van der Waals surface area (Å²) in [7, 11) is 0. The average molecular weight is 254 g/mol.